The van der Waals surface area contributed by atoms with Gasteiger partial charge in [-0.15, -0.1) is 0 Å². The van der Waals surface area contributed by atoms with Gasteiger partial charge in [0.1, 0.15) is 16.7 Å². The van der Waals surface area contributed by atoms with Gasteiger partial charge in [0.25, 0.3) is 0 Å². The normalized spacial score (nSPS) is 10.8. The summed E-state index contributed by atoms with van der Waals surface area (Å²) in [5.41, 5.74) is 4.54. The summed E-state index contributed by atoms with van der Waals surface area (Å²) in [6.07, 6.45) is 6.79. The van der Waals surface area contributed by atoms with Gasteiger partial charge in [-0.3, -0.25) is 9.97 Å². The molecule has 0 unspecified atom stereocenters. The number of phenols is 2. The summed E-state index contributed by atoms with van der Waals surface area (Å²) in [4.78, 5) is 26.0. The second kappa shape index (κ2) is 11.3. The van der Waals surface area contributed by atoms with E-state index >= 15 is 0 Å². The lowest BCUT2D eigenvalue weighted by Crippen LogP contribution is -1.95. The van der Waals surface area contributed by atoms with Crippen LogP contribution in [0.2, 0.25) is 5.15 Å². The van der Waals surface area contributed by atoms with Crippen LogP contribution >= 0.6 is 11.6 Å². The maximum atomic E-state index is 10.2. The van der Waals surface area contributed by atoms with Gasteiger partial charge >= 0.3 is 0 Å². The van der Waals surface area contributed by atoms with Gasteiger partial charge in [0.05, 0.1) is 16.7 Å². The molecule has 0 fully saturated rings. The Bertz CT molecular complexity index is 1990. The standard InChI is InChI=1S/C19H13N3O2.C13H8ClN3/c23-13-5-6-15(17(24)11-13)18-14-3-1-2-4-16(14)21-19(22-18)12-7-9-20-10-8-12;14-12-10-3-1-2-4-11(10)16-13(17-12)9-5-7-15-8-6-9/h1-11,23-24H;1-8H. The number of nitrogens with zero attached hydrogens (tertiary/aromatic N) is 6. The van der Waals surface area contributed by atoms with E-state index in [4.69, 9.17) is 11.6 Å². The monoisotopic (exact) mass is 556 g/mol. The molecule has 0 radical (unpaired) electrons. The van der Waals surface area contributed by atoms with E-state index in [9.17, 15) is 10.2 Å². The lowest BCUT2D eigenvalue weighted by molar-refractivity contribution is 0.452. The maximum absolute atomic E-state index is 10.2. The van der Waals surface area contributed by atoms with Crippen LogP contribution in [0.3, 0.4) is 0 Å². The predicted octanol–water partition coefficient (Wildman–Crippen LogP) is 7.12. The van der Waals surface area contributed by atoms with Gasteiger partial charge in [-0.2, -0.15) is 0 Å². The molecule has 7 rings (SSSR count). The number of fused-ring (bicyclic) bond motifs is 2. The number of halogens is 1. The maximum Gasteiger partial charge on any atom is 0.161 e. The Kier molecular flexibility index (Phi) is 7.13. The molecule has 0 aliphatic heterocycles. The fraction of sp³-hybridized carbons (Fsp3) is 0. The van der Waals surface area contributed by atoms with Gasteiger partial charge in [-0.25, -0.2) is 19.9 Å². The van der Waals surface area contributed by atoms with Crippen LogP contribution in [-0.2, 0) is 0 Å². The first-order valence-corrected chi connectivity index (χ1v) is 13.0. The van der Waals surface area contributed by atoms with Crippen molar-refractivity contribution in [3.8, 4) is 45.5 Å². The molecule has 8 nitrogen and oxygen atoms in total. The molecule has 7 aromatic rings. The Morgan fingerprint density at radius 3 is 1.68 bits per heavy atom. The summed E-state index contributed by atoms with van der Waals surface area (Å²) in [6, 6.07) is 27.2. The Labute approximate surface area is 239 Å². The number of phenolic OH excluding ortho intramolecular Hbond substituents is 2. The van der Waals surface area contributed by atoms with E-state index in [2.05, 4.69) is 29.9 Å². The highest BCUT2D eigenvalue weighted by atomic mass is 35.5. The van der Waals surface area contributed by atoms with Crippen LogP contribution in [0.1, 0.15) is 0 Å². The number of hydrogen-bond acceptors (Lipinski definition) is 8. The molecular weight excluding hydrogens is 536 g/mol. The van der Waals surface area contributed by atoms with Crippen LogP contribution in [0.15, 0.2) is 116 Å². The third-order valence-corrected chi connectivity index (χ3v) is 6.56. The van der Waals surface area contributed by atoms with Gasteiger partial charge in [-0.1, -0.05) is 41.9 Å². The van der Waals surface area contributed by atoms with Crippen molar-refractivity contribution in [3.05, 3.63) is 121 Å². The second-order valence-electron chi connectivity index (χ2n) is 8.94. The molecule has 0 aliphatic carbocycles. The molecule has 2 N–H and O–H groups in total. The molecule has 0 aliphatic rings. The third kappa shape index (κ3) is 5.50. The van der Waals surface area contributed by atoms with E-state index in [0.29, 0.717) is 28.1 Å². The molecule has 198 valence electrons. The summed E-state index contributed by atoms with van der Waals surface area (Å²) in [5.74, 6) is 1.15. The molecule has 0 bridgehead atoms. The second-order valence-corrected chi connectivity index (χ2v) is 9.30. The number of aromatic nitrogens is 6. The molecule has 0 spiro atoms. The van der Waals surface area contributed by atoms with E-state index in [-0.39, 0.29) is 11.5 Å². The largest absolute Gasteiger partial charge is 0.508 e. The number of pyridine rings is 2. The molecule has 0 amide bonds. The Balaban J connectivity index is 0.000000156. The minimum atomic E-state index is -0.0282. The van der Waals surface area contributed by atoms with Crippen molar-refractivity contribution >= 4 is 33.4 Å². The van der Waals surface area contributed by atoms with Crippen molar-refractivity contribution in [2.45, 2.75) is 0 Å². The van der Waals surface area contributed by atoms with Crippen molar-refractivity contribution in [3.63, 3.8) is 0 Å². The summed E-state index contributed by atoms with van der Waals surface area (Å²) in [7, 11) is 0. The van der Waals surface area contributed by atoms with Crippen LogP contribution in [-0.4, -0.2) is 40.1 Å². The number of hydrogen-bond donors (Lipinski definition) is 2. The van der Waals surface area contributed by atoms with E-state index in [1.165, 1.54) is 12.1 Å². The average molecular weight is 557 g/mol. The SMILES string of the molecule is Clc1nc(-c2ccncc2)nc2ccccc12.Oc1ccc(-c2nc(-c3ccncc3)nc3ccccc23)c(O)c1. The van der Waals surface area contributed by atoms with Crippen molar-refractivity contribution in [2.24, 2.45) is 0 Å². The van der Waals surface area contributed by atoms with Crippen molar-refractivity contribution in [1.82, 2.24) is 29.9 Å². The molecule has 0 atom stereocenters. The van der Waals surface area contributed by atoms with Crippen LogP contribution in [0.5, 0.6) is 11.5 Å². The van der Waals surface area contributed by atoms with Gasteiger partial charge in [0.2, 0.25) is 0 Å². The van der Waals surface area contributed by atoms with E-state index < -0.39 is 0 Å². The zero-order chi connectivity index (χ0) is 28.2. The number of benzene rings is 3. The summed E-state index contributed by atoms with van der Waals surface area (Å²) < 4.78 is 0. The van der Waals surface area contributed by atoms with Crippen molar-refractivity contribution < 1.29 is 10.2 Å². The molecule has 0 saturated carbocycles. The lowest BCUT2D eigenvalue weighted by Gasteiger charge is -2.10. The first-order chi connectivity index (χ1) is 20.1. The van der Waals surface area contributed by atoms with E-state index in [1.54, 1.807) is 30.9 Å². The smallest absolute Gasteiger partial charge is 0.161 e. The summed E-state index contributed by atoms with van der Waals surface area (Å²) in [5, 5.41) is 21.9. The van der Waals surface area contributed by atoms with Gasteiger partial charge in [0, 0.05) is 58.3 Å². The van der Waals surface area contributed by atoms with Gasteiger partial charge < -0.3 is 10.2 Å². The first-order valence-electron chi connectivity index (χ1n) is 12.6. The van der Waals surface area contributed by atoms with Crippen LogP contribution < -0.4 is 0 Å². The Hall–Kier alpha value is -5.47. The minimum Gasteiger partial charge on any atom is -0.508 e. The number of rotatable bonds is 3. The zero-order valence-corrected chi connectivity index (χ0v) is 22.2. The highest BCUT2D eigenvalue weighted by molar-refractivity contribution is 6.34. The first kappa shape index (κ1) is 25.8. The van der Waals surface area contributed by atoms with Gasteiger partial charge in [-0.05, 0) is 54.6 Å². The van der Waals surface area contributed by atoms with Crippen molar-refractivity contribution in [1.29, 1.82) is 0 Å². The zero-order valence-electron chi connectivity index (χ0n) is 21.4. The number of para-hydroxylation sites is 2. The number of aromatic hydroxyl groups is 2. The lowest BCUT2D eigenvalue weighted by atomic mass is 10.0. The molecule has 4 heterocycles. The van der Waals surface area contributed by atoms with E-state index in [1.807, 2.05) is 72.8 Å². The van der Waals surface area contributed by atoms with Crippen molar-refractivity contribution in [2.75, 3.05) is 0 Å². The van der Waals surface area contributed by atoms with Crippen LogP contribution in [0, 0.1) is 0 Å². The van der Waals surface area contributed by atoms with Gasteiger partial charge in [0.15, 0.2) is 11.6 Å². The van der Waals surface area contributed by atoms with E-state index in [0.717, 1.165) is 32.9 Å². The highest BCUT2D eigenvalue weighted by Gasteiger charge is 2.14. The third-order valence-electron chi connectivity index (χ3n) is 6.27. The Morgan fingerprint density at radius 1 is 0.537 bits per heavy atom. The highest BCUT2D eigenvalue weighted by Crippen LogP contribution is 2.35. The molecule has 0 saturated heterocycles. The average Bonchev–Trinajstić information content (AvgIpc) is 3.02. The Morgan fingerprint density at radius 2 is 1.07 bits per heavy atom. The summed E-state index contributed by atoms with van der Waals surface area (Å²) >= 11 is 6.15. The molecule has 4 aromatic heterocycles. The van der Waals surface area contributed by atoms with Crippen LogP contribution in [0.4, 0.5) is 0 Å². The molecule has 9 heteroatoms. The fourth-order valence-corrected chi connectivity index (χ4v) is 4.54. The minimum absolute atomic E-state index is 0.00367. The fourth-order valence-electron chi connectivity index (χ4n) is 4.30. The quantitative estimate of drug-likeness (QED) is 0.221. The molecular formula is C32H21ClN6O2. The molecule has 41 heavy (non-hydrogen) atoms. The molecule has 3 aromatic carbocycles. The predicted molar refractivity (Wildman–Crippen MR) is 159 cm³/mol. The topological polar surface area (TPSA) is 118 Å². The summed E-state index contributed by atoms with van der Waals surface area (Å²) in [6.45, 7) is 0. The van der Waals surface area contributed by atoms with Crippen LogP contribution in [0.25, 0.3) is 55.8 Å².